The predicted octanol–water partition coefficient (Wildman–Crippen LogP) is 3.54. The third kappa shape index (κ3) is 5.26. The summed E-state index contributed by atoms with van der Waals surface area (Å²) in [6.45, 7) is 10.6. The third-order valence-corrected chi connectivity index (χ3v) is 4.68. The maximum Gasteiger partial charge on any atom is 0.318 e. The first-order chi connectivity index (χ1) is 11.9. The van der Waals surface area contributed by atoms with Crippen LogP contribution in [0.5, 0.6) is 0 Å². The molecule has 0 aliphatic carbocycles. The number of likely N-dealkylation sites (tertiary alicyclic amines) is 1. The molecule has 0 spiro atoms. The average molecular weight is 351 g/mol. The second-order valence-electron chi connectivity index (χ2n) is 6.71. The van der Waals surface area contributed by atoms with Crippen molar-refractivity contribution >= 4 is 6.03 Å². The lowest BCUT2D eigenvalue weighted by Crippen LogP contribution is -2.51. The van der Waals surface area contributed by atoms with Gasteiger partial charge in [0.2, 0.25) is 0 Å². The lowest BCUT2D eigenvalue weighted by Gasteiger charge is -2.39. The molecule has 1 aromatic carbocycles. The molecule has 1 N–H and O–H groups in total. The van der Waals surface area contributed by atoms with E-state index in [1.165, 1.54) is 6.07 Å². The fraction of sp³-hybridized carbons (Fsp3) is 0.526. The van der Waals surface area contributed by atoms with Gasteiger partial charge in [0.25, 0.3) is 0 Å². The van der Waals surface area contributed by atoms with Crippen molar-refractivity contribution in [3.05, 3.63) is 48.1 Å². The van der Waals surface area contributed by atoms with Crippen molar-refractivity contribution in [3.8, 4) is 0 Å². The van der Waals surface area contributed by atoms with Gasteiger partial charge < -0.3 is 15.1 Å². The number of urea groups is 1. The van der Waals surface area contributed by atoms with Crippen LogP contribution >= 0.6 is 0 Å². The third-order valence-electron chi connectivity index (χ3n) is 4.68. The van der Waals surface area contributed by atoms with Crippen molar-refractivity contribution in [1.29, 1.82) is 0 Å². The van der Waals surface area contributed by atoms with E-state index < -0.39 is 11.6 Å². The van der Waals surface area contributed by atoms with Gasteiger partial charge in [-0.15, -0.1) is 6.58 Å². The zero-order chi connectivity index (χ0) is 18.4. The van der Waals surface area contributed by atoms with Gasteiger partial charge in [0.15, 0.2) is 11.6 Å². The largest absolute Gasteiger partial charge is 0.334 e. The Kier molecular flexibility index (Phi) is 6.93. The highest BCUT2D eigenvalue weighted by atomic mass is 19.2. The summed E-state index contributed by atoms with van der Waals surface area (Å²) in [6, 6.07) is 4.12. The summed E-state index contributed by atoms with van der Waals surface area (Å²) >= 11 is 0. The summed E-state index contributed by atoms with van der Waals surface area (Å²) in [5.74, 6) is -1.80. The molecule has 1 aromatic rings. The Hall–Kier alpha value is -1.95. The van der Waals surface area contributed by atoms with Crippen LogP contribution in [-0.4, -0.2) is 47.5 Å². The number of rotatable bonds is 6. The van der Waals surface area contributed by atoms with E-state index in [0.29, 0.717) is 18.2 Å². The molecule has 1 heterocycles. The molecule has 0 saturated carbocycles. The Morgan fingerprint density at radius 3 is 2.60 bits per heavy atom. The van der Waals surface area contributed by atoms with E-state index in [1.54, 1.807) is 11.0 Å². The molecule has 1 fully saturated rings. The van der Waals surface area contributed by atoms with E-state index in [-0.39, 0.29) is 18.6 Å². The molecule has 0 atom stereocenters. The summed E-state index contributed by atoms with van der Waals surface area (Å²) < 4.78 is 26.2. The van der Waals surface area contributed by atoms with Crippen molar-refractivity contribution < 1.29 is 13.6 Å². The van der Waals surface area contributed by atoms with Gasteiger partial charge in [0, 0.05) is 38.3 Å². The molecule has 2 amide bonds. The van der Waals surface area contributed by atoms with E-state index in [2.05, 4.69) is 30.6 Å². The highest BCUT2D eigenvalue weighted by molar-refractivity contribution is 5.74. The van der Waals surface area contributed by atoms with Crippen molar-refractivity contribution in [2.24, 2.45) is 0 Å². The Morgan fingerprint density at radius 2 is 2.04 bits per heavy atom. The number of carbonyl (C=O) groups excluding carboxylic acids is 1. The highest BCUT2D eigenvalue weighted by Crippen LogP contribution is 2.18. The number of hydrogen-bond donors (Lipinski definition) is 1. The molecule has 1 aliphatic rings. The van der Waals surface area contributed by atoms with Crippen molar-refractivity contribution in [3.63, 3.8) is 0 Å². The Bertz CT molecular complexity index is 598. The van der Waals surface area contributed by atoms with Crippen LogP contribution in [0.4, 0.5) is 13.6 Å². The minimum absolute atomic E-state index is 0.161. The minimum Gasteiger partial charge on any atom is -0.334 e. The molecule has 0 radical (unpaired) electrons. The molecule has 0 aromatic heterocycles. The standard InChI is InChI=1S/C19H27F2N3O/c1-4-9-24(16-7-10-23(11-8-16)14(2)3)19(25)22-13-15-5-6-17(20)18(21)12-15/h4-6,12,14,16H,1,7-11,13H2,2-3H3,(H,22,25). The normalized spacial score (nSPS) is 16.0. The average Bonchev–Trinajstić information content (AvgIpc) is 2.60. The summed E-state index contributed by atoms with van der Waals surface area (Å²) in [6.07, 6.45) is 3.56. The van der Waals surface area contributed by atoms with Crippen molar-refractivity contribution in [2.75, 3.05) is 19.6 Å². The highest BCUT2D eigenvalue weighted by Gasteiger charge is 2.27. The van der Waals surface area contributed by atoms with Gasteiger partial charge in [-0.05, 0) is 44.4 Å². The molecule has 6 heteroatoms. The Balaban J connectivity index is 1.93. The molecule has 1 aliphatic heterocycles. The summed E-state index contributed by atoms with van der Waals surface area (Å²) in [7, 11) is 0. The number of nitrogens with zero attached hydrogens (tertiary/aromatic N) is 2. The first-order valence-electron chi connectivity index (χ1n) is 8.75. The van der Waals surface area contributed by atoms with Crippen LogP contribution in [0, 0.1) is 11.6 Å². The van der Waals surface area contributed by atoms with Crippen LogP contribution in [0.25, 0.3) is 0 Å². The van der Waals surface area contributed by atoms with E-state index in [0.717, 1.165) is 38.1 Å². The van der Waals surface area contributed by atoms with Gasteiger partial charge in [0.05, 0.1) is 0 Å². The topological polar surface area (TPSA) is 35.6 Å². The summed E-state index contributed by atoms with van der Waals surface area (Å²) in [4.78, 5) is 16.7. The van der Waals surface area contributed by atoms with Gasteiger partial charge >= 0.3 is 6.03 Å². The van der Waals surface area contributed by atoms with Crippen molar-refractivity contribution in [1.82, 2.24) is 15.1 Å². The molecule has 0 unspecified atom stereocenters. The van der Waals surface area contributed by atoms with Gasteiger partial charge in [-0.25, -0.2) is 13.6 Å². The lowest BCUT2D eigenvalue weighted by atomic mass is 10.0. The number of halogens is 2. The van der Waals surface area contributed by atoms with Crippen LogP contribution in [-0.2, 0) is 6.54 Å². The molecule has 1 saturated heterocycles. The summed E-state index contributed by atoms with van der Waals surface area (Å²) in [5.41, 5.74) is 0.528. The Morgan fingerprint density at radius 1 is 1.36 bits per heavy atom. The lowest BCUT2D eigenvalue weighted by molar-refractivity contribution is 0.110. The number of hydrogen-bond acceptors (Lipinski definition) is 2. The van der Waals surface area contributed by atoms with E-state index >= 15 is 0 Å². The van der Waals surface area contributed by atoms with E-state index in [9.17, 15) is 13.6 Å². The van der Waals surface area contributed by atoms with Gasteiger partial charge in [0.1, 0.15) is 0 Å². The monoisotopic (exact) mass is 351 g/mol. The molecule has 2 rings (SSSR count). The second-order valence-corrected chi connectivity index (χ2v) is 6.71. The fourth-order valence-corrected chi connectivity index (χ4v) is 3.18. The van der Waals surface area contributed by atoms with Crippen molar-refractivity contribution in [2.45, 2.75) is 45.3 Å². The minimum atomic E-state index is -0.907. The van der Waals surface area contributed by atoms with Crippen LogP contribution in [0.2, 0.25) is 0 Å². The number of carbonyl (C=O) groups is 1. The zero-order valence-electron chi connectivity index (χ0n) is 15.0. The van der Waals surface area contributed by atoms with Crippen LogP contribution in [0.3, 0.4) is 0 Å². The quantitative estimate of drug-likeness (QED) is 0.796. The zero-order valence-corrected chi connectivity index (χ0v) is 15.0. The van der Waals surface area contributed by atoms with Crippen LogP contribution < -0.4 is 5.32 Å². The SMILES string of the molecule is C=CCN(C(=O)NCc1ccc(F)c(F)c1)C1CCN(C(C)C)CC1. The van der Waals surface area contributed by atoms with E-state index in [4.69, 9.17) is 0 Å². The first kappa shape index (κ1) is 19.4. The van der Waals surface area contributed by atoms with Crippen LogP contribution in [0.1, 0.15) is 32.3 Å². The number of nitrogens with one attached hydrogen (secondary N) is 1. The van der Waals surface area contributed by atoms with Gasteiger partial charge in [-0.1, -0.05) is 12.1 Å². The molecular formula is C19H27F2N3O. The molecule has 4 nitrogen and oxygen atoms in total. The fourth-order valence-electron chi connectivity index (χ4n) is 3.18. The number of piperidine rings is 1. The van der Waals surface area contributed by atoms with Crippen LogP contribution in [0.15, 0.2) is 30.9 Å². The number of amides is 2. The maximum absolute atomic E-state index is 13.3. The maximum atomic E-state index is 13.3. The number of benzene rings is 1. The molecule has 0 bridgehead atoms. The smallest absolute Gasteiger partial charge is 0.318 e. The first-order valence-corrected chi connectivity index (χ1v) is 8.75. The Labute approximate surface area is 148 Å². The second kappa shape index (κ2) is 8.94. The molecular weight excluding hydrogens is 324 g/mol. The van der Waals surface area contributed by atoms with Gasteiger partial charge in [-0.2, -0.15) is 0 Å². The molecule has 138 valence electrons. The van der Waals surface area contributed by atoms with Gasteiger partial charge in [-0.3, -0.25) is 0 Å². The molecule has 25 heavy (non-hydrogen) atoms. The predicted molar refractivity (Wildman–Crippen MR) is 95.2 cm³/mol. The van der Waals surface area contributed by atoms with E-state index in [1.807, 2.05) is 0 Å². The summed E-state index contributed by atoms with van der Waals surface area (Å²) in [5, 5.41) is 2.80.